The zero-order valence-electron chi connectivity index (χ0n) is 16.6. The number of hydrogen-bond donors (Lipinski definition) is 2. The SMILES string of the molecule is CNC(=O)Nc1cc2c(-c3ccc(Cl)cc3)n(-c3ccc(Cl)cc3Cl)nc2nc1C(F)(F)F. The molecule has 0 aliphatic carbocycles. The van der Waals surface area contributed by atoms with Crippen LogP contribution in [0.2, 0.25) is 15.1 Å². The second-order valence-corrected chi connectivity index (χ2v) is 8.10. The first-order valence-electron chi connectivity index (χ1n) is 9.29. The number of fused-ring (bicyclic) bond motifs is 1. The molecule has 2 amide bonds. The van der Waals surface area contributed by atoms with Crippen LogP contribution < -0.4 is 10.6 Å². The summed E-state index contributed by atoms with van der Waals surface area (Å²) in [5.74, 6) is 0. The largest absolute Gasteiger partial charge is 0.435 e. The molecule has 4 aromatic rings. The number of nitrogens with one attached hydrogen (secondary N) is 2. The Morgan fingerprint density at radius 1 is 1.00 bits per heavy atom. The standard InChI is InChI=1S/C21H13Cl3F3N5O/c1-28-20(33)29-15-9-13-17(10-2-4-11(22)5-3-10)32(16-7-6-12(23)8-14(16)24)31-19(13)30-18(15)21(25,26)27/h2-9H,1H3,(H2,28,29,33). The highest BCUT2D eigenvalue weighted by Crippen LogP contribution is 2.39. The minimum Gasteiger partial charge on any atom is -0.341 e. The molecule has 0 aliphatic heterocycles. The zero-order valence-corrected chi connectivity index (χ0v) is 18.9. The van der Waals surface area contributed by atoms with Crippen molar-refractivity contribution in [3.8, 4) is 16.9 Å². The van der Waals surface area contributed by atoms with E-state index in [-0.39, 0.29) is 16.1 Å². The van der Waals surface area contributed by atoms with E-state index in [1.807, 2.05) is 0 Å². The number of carbonyl (C=O) groups excluding carboxylic acids is 1. The fourth-order valence-corrected chi connectivity index (χ4v) is 3.84. The Kier molecular flexibility index (Phi) is 6.13. The average molecular weight is 515 g/mol. The van der Waals surface area contributed by atoms with E-state index in [0.717, 1.165) is 0 Å². The summed E-state index contributed by atoms with van der Waals surface area (Å²) >= 11 is 18.4. The van der Waals surface area contributed by atoms with Crippen LogP contribution in [0.3, 0.4) is 0 Å². The summed E-state index contributed by atoms with van der Waals surface area (Å²) in [6, 6.07) is 11.6. The van der Waals surface area contributed by atoms with E-state index < -0.39 is 23.6 Å². The lowest BCUT2D eigenvalue weighted by molar-refractivity contribution is -0.140. The van der Waals surface area contributed by atoms with Gasteiger partial charge in [-0.15, -0.1) is 5.10 Å². The minimum atomic E-state index is -4.84. The molecule has 2 heterocycles. The maximum atomic E-state index is 13.7. The topological polar surface area (TPSA) is 71.8 Å². The molecule has 0 atom stereocenters. The van der Waals surface area contributed by atoms with Crippen molar-refractivity contribution in [3.63, 3.8) is 0 Å². The average Bonchev–Trinajstić information content (AvgIpc) is 3.11. The van der Waals surface area contributed by atoms with E-state index in [0.29, 0.717) is 27.0 Å². The third-order valence-corrected chi connectivity index (χ3v) is 5.45. The van der Waals surface area contributed by atoms with Crippen molar-refractivity contribution >= 4 is 57.6 Å². The second kappa shape index (κ2) is 8.74. The van der Waals surface area contributed by atoms with Crippen LogP contribution in [-0.4, -0.2) is 27.8 Å². The summed E-state index contributed by atoms with van der Waals surface area (Å²) < 4.78 is 42.5. The highest BCUT2D eigenvalue weighted by Gasteiger charge is 2.37. The molecule has 0 saturated heterocycles. The number of anilines is 1. The molecular formula is C21H13Cl3F3N5O. The maximum Gasteiger partial charge on any atom is 0.435 e. The van der Waals surface area contributed by atoms with E-state index in [9.17, 15) is 18.0 Å². The van der Waals surface area contributed by atoms with Gasteiger partial charge in [-0.25, -0.2) is 14.5 Å². The number of nitrogens with zero attached hydrogens (tertiary/aromatic N) is 3. The van der Waals surface area contributed by atoms with Crippen molar-refractivity contribution in [3.05, 3.63) is 69.3 Å². The lowest BCUT2D eigenvalue weighted by atomic mass is 10.1. The van der Waals surface area contributed by atoms with Crippen molar-refractivity contribution in [1.82, 2.24) is 20.1 Å². The van der Waals surface area contributed by atoms with Gasteiger partial charge < -0.3 is 10.6 Å². The number of alkyl halides is 3. The van der Waals surface area contributed by atoms with Crippen molar-refractivity contribution in [2.24, 2.45) is 0 Å². The number of pyridine rings is 1. The van der Waals surface area contributed by atoms with Gasteiger partial charge in [0.05, 0.1) is 22.1 Å². The highest BCUT2D eigenvalue weighted by atomic mass is 35.5. The molecule has 0 unspecified atom stereocenters. The van der Waals surface area contributed by atoms with E-state index in [2.05, 4.69) is 20.7 Å². The van der Waals surface area contributed by atoms with E-state index >= 15 is 0 Å². The summed E-state index contributed by atoms with van der Waals surface area (Å²) in [5.41, 5.74) is -0.647. The summed E-state index contributed by atoms with van der Waals surface area (Å²) in [5, 5.41) is 10.0. The molecule has 170 valence electrons. The maximum absolute atomic E-state index is 13.7. The molecule has 0 aliphatic rings. The molecule has 2 N–H and O–H groups in total. The second-order valence-electron chi connectivity index (χ2n) is 6.82. The van der Waals surface area contributed by atoms with Gasteiger partial charge in [0, 0.05) is 28.0 Å². The first kappa shape index (κ1) is 23.2. The lowest BCUT2D eigenvalue weighted by Crippen LogP contribution is -2.26. The number of halogens is 6. The van der Waals surface area contributed by atoms with Crippen LogP contribution in [0.15, 0.2) is 48.5 Å². The van der Waals surface area contributed by atoms with Crippen LogP contribution >= 0.6 is 34.8 Å². The van der Waals surface area contributed by atoms with Crippen LogP contribution in [-0.2, 0) is 6.18 Å². The Morgan fingerprint density at radius 2 is 1.67 bits per heavy atom. The summed E-state index contributed by atoms with van der Waals surface area (Å²) in [4.78, 5) is 15.5. The van der Waals surface area contributed by atoms with Gasteiger partial charge in [-0.2, -0.15) is 13.2 Å². The Hall–Kier alpha value is -3.01. The number of benzene rings is 2. The van der Waals surface area contributed by atoms with Gasteiger partial charge in [0.15, 0.2) is 11.3 Å². The molecule has 6 nitrogen and oxygen atoms in total. The number of amides is 2. The minimum absolute atomic E-state index is 0.194. The number of urea groups is 1. The third-order valence-electron chi connectivity index (χ3n) is 4.66. The molecule has 0 spiro atoms. The molecule has 0 fully saturated rings. The number of carbonyl (C=O) groups is 1. The number of rotatable bonds is 3. The van der Waals surface area contributed by atoms with Crippen molar-refractivity contribution < 1.29 is 18.0 Å². The Balaban J connectivity index is 2.07. The van der Waals surface area contributed by atoms with Gasteiger partial charge >= 0.3 is 12.2 Å². The highest BCUT2D eigenvalue weighted by molar-refractivity contribution is 6.35. The third kappa shape index (κ3) is 4.57. The molecule has 2 aromatic heterocycles. The van der Waals surface area contributed by atoms with E-state index in [1.54, 1.807) is 36.4 Å². The Bertz CT molecular complexity index is 1370. The Labute approximate surface area is 200 Å². The van der Waals surface area contributed by atoms with Crippen molar-refractivity contribution in [2.45, 2.75) is 6.18 Å². The zero-order chi connectivity index (χ0) is 23.9. The molecule has 4 rings (SSSR count). The first-order chi connectivity index (χ1) is 15.6. The van der Waals surface area contributed by atoms with E-state index in [4.69, 9.17) is 34.8 Å². The van der Waals surface area contributed by atoms with Crippen LogP contribution in [0.1, 0.15) is 5.69 Å². The monoisotopic (exact) mass is 513 g/mol. The van der Waals surface area contributed by atoms with Crippen molar-refractivity contribution in [1.29, 1.82) is 0 Å². The van der Waals surface area contributed by atoms with Crippen molar-refractivity contribution in [2.75, 3.05) is 12.4 Å². The molecule has 12 heteroatoms. The molecule has 0 saturated carbocycles. The first-order valence-corrected chi connectivity index (χ1v) is 10.4. The van der Waals surface area contributed by atoms with Gasteiger partial charge in [-0.3, -0.25) is 0 Å². The molecule has 2 aromatic carbocycles. The van der Waals surface area contributed by atoms with Crippen LogP contribution in [0.5, 0.6) is 0 Å². The predicted octanol–water partition coefficient (Wildman–Crippen LogP) is 6.82. The smallest absolute Gasteiger partial charge is 0.341 e. The molecule has 0 bridgehead atoms. The lowest BCUT2D eigenvalue weighted by Gasteiger charge is -2.13. The fourth-order valence-electron chi connectivity index (χ4n) is 3.22. The predicted molar refractivity (Wildman–Crippen MR) is 122 cm³/mol. The summed E-state index contributed by atoms with van der Waals surface area (Å²) in [7, 11) is 1.29. The van der Waals surface area contributed by atoms with Crippen LogP contribution in [0.25, 0.3) is 28.0 Å². The number of aromatic nitrogens is 3. The molecule has 33 heavy (non-hydrogen) atoms. The molecular weight excluding hydrogens is 502 g/mol. The quantitative estimate of drug-likeness (QED) is 0.315. The van der Waals surface area contributed by atoms with Gasteiger partial charge in [0.2, 0.25) is 0 Å². The molecule has 0 radical (unpaired) electrons. The summed E-state index contributed by atoms with van der Waals surface area (Å²) in [6.07, 6.45) is -4.84. The fraction of sp³-hybridized carbons (Fsp3) is 0.0952. The normalized spacial score (nSPS) is 11.6. The van der Waals surface area contributed by atoms with Gasteiger partial charge in [0.1, 0.15) is 0 Å². The van der Waals surface area contributed by atoms with E-state index in [1.165, 1.54) is 23.9 Å². The van der Waals surface area contributed by atoms with Gasteiger partial charge in [-0.1, -0.05) is 46.9 Å². The summed E-state index contributed by atoms with van der Waals surface area (Å²) in [6.45, 7) is 0. The van der Waals surface area contributed by atoms with Crippen LogP contribution in [0.4, 0.5) is 23.7 Å². The Morgan fingerprint density at radius 3 is 2.27 bits per heavy atom. The van der Waals surface area contributed by atoms with Gasteiger partial charge in [0.25, 0.3) is 0 Å². The van der Waals surface area contributed by atoms with Crippen LogP contribution in [0, 0.1) is 0 Å². The number of hydrogen-bond acceptors (Lipinski definition) is 3. The van der Waals surface area contributed by atoms with Gasteiger partial charge in [-0.05, 0) is 36.4 Å².